The highest BCUT2D eigenvalue weighted by Gasteiger charge is 2.28. The largest absolute Gasteiger partial charge is 0.320 e. The summed E-state index contributed by atoms with van der Waals surface area (Å²) in [5.41, 5.74) is 1.03. The van der Waals surface area contributed by atoms with Crippen LogP contribution in [0.4, 0.5) is 15.8 Å². The lowest BCUT2D eigenvalue weighted by Gasteiger charge is -2.29. The summed E-state index contributed by atoms with van der Waals surface area (Å²) in [6, 6.07) is 4.26. The van der Waals surface area contributed by atoms with E-state index < -0.39 is 11.7 Å². The first-order valence-electron chi connectivity index (χ1n) is 7.82. The quantitative estimate of drug-likeness (QED) is 0.881. The number of fused-ring (bicyclic) bond motifs is 1. The minimum atomic E-state index is -0.599. The molecule has 130 valence electrons. The second kappa shape index (κ2) is 6.46. The number of anilines is 2. The second-order valence-electron chi connectivity index (χ2n) is 5.88. The van der Waals surface area contributed by atoms with Crippen molar-refractivity contribution in [3.63, 3.8) is 0 Å². The molecular weight excluding hydrogens is 327 g/mol. The number of carbonyl (C=O) groups excluding carboxylic acids is 2. The highest BCUT2D eigenvalue weighted by molar-refractivity contribution is 6.10. The number of aryl methyl sites for hydroxylation is 2. The maximum absolute atomic E-state index is 13.9. The fourth-order valence-corrected chi connectivity index (χ4v) is 2.90. The third kappa shape index (κ3) is 3.28. The molecule has 3 rings (SSSR count). The van der Waals surface area contributed by atoms with Crippen LogP contribution in [0.3, 0.4) is 0 Å². The standard InChI is InChI=1S/C17H17FN4O3/c1-9-11(17(25)20-10(2)19-9)6-7-15(24)22-8-14(23)21-16-12(18)4-3-5-13(16)22/h3-5H,6-8H2,1-2H3,(H,21,23)(H,19,20,25). The predicted octanol–water partition coefficient (Wildman–Crippen LogP) is 1.44. The average Bonchev–Trinajstić information content (AvgIpc) is 2.54. The number of amides is 2. The predicted molar refractivity (Wildman–Crippen MR) is 90.0 cm³/mol. The number of para-hydroxylation sites is 1. The van der Waals surface area contributed by atoms with Crippen LogP contribution in [0.2, 0.25) is 0 Å². The molecular formula is C17H17FN4O3. The summed E-state index contributed by atoms with van der Waals surface area (Å²) in [7, 11) is 0. The number of hydrogen-bond donors (Lipinski definition) is 2. The van der Waals surface area contributed by atoms with Gasteiger partial charge in [-0.25, -0.2) is 9.37 Å². The van der Waals surface area contributed by atoms with Crippen LogP contribution in [-0.2, 0) is 16.0 Å². The van der Waals surface area contributed by atoms with Crippen LogP contribution in [0.25, 0.3) is 0 Å². The van der Waals surface area contributed by atoms with E-state index in [1.807, 2.05) is 0 Å². The van der Waals surface area contributed by atoms with Gasteiger partial charge in [0.1, 0.15) is 23.9 Å². The molecule has 1 aromatic carbocycles. The Hall–Kier alpha value is -3.03. The highest BCUT2D eigenvalue weighted by Crippen LogP contribution is 2.32. The maximum atomic E-state index is 13.9. The molecule has 1 aliphatic heterocycles. The molecule has 0 fully saturated rings. The monoisotopic (exact) mass is 344 g/mol. The fourth-order valence-electron chi connectivity index (χ4n) is 2.90. The lowest BCUT2D eigenvalue weighted by molar-refractivity contribution is -0.121. The van der Waals surface area contributed by atoms with Crippen LogP contribution in [0, 0.1) is 19.7 Å². The Bertz CT molecular complexity index is 923. The molecule has 0 spiro atoms. The van der Waals surface area contributed by atoms with E-state index >= 15 is 0 Å². The summed E-state index contributed by atoms with van der Waals surface area (Å²) in [4.78, 5) is 44.4. The summed E-state index contributed by atoms with van der Waals surface area (Å²) < 4.78 is 13.9. The Labute approximate surface area is 142 Å². The van der Waals surface area contributed by atoms with Crippen molar-refractivity contribution in [2.45, 2.75) is 26.7 Å². The molecule has 0 saturated carbocycles. The molecule has 2 amide bonds. The molecule has 2 aromatic rings. The van der Waals surface area contributed by atoms with Gasteiger partial charge in [-0.15, -0.1) is 0 Å². The molecule has 0 saturated heterocycles. The summed E-state index contributed by atoms with van der Waals surface area (Å²) in [6.07, 6.45) is 0.202. The normalized spacial score (nSPS) is 13.4. The van der Waals surface area contributed by atoms with Crippen LogP contribution in [-0.4, -0.2) is 28.3 Å². The van der Waals surface area contributed by atoms with Crippen LogP contribution in [0.15, 0.2) is 23.0 Å². The van der Waals surface area contributed by atoms with Gasteiger partial charge >= 0.3 is 0 Å². The van der Waals surface area contributed by atoms with Crippen molar-refractivity contribution in [3.05, 3.63) is 51.5 Å². The third-order valence-corrected chi connectivity index (χ3v) is 4.08. The van der Waals surface area contributed by atoms with E-state index in [9.17, 15) is 18.8 Å². The molecule has 0 bridgehead atoms. The van der Waals surface area contributed by atoms with Crippen molar-refractivity contribution in [1.29, 1.82) is 0 Å². The van der Waals surface area contributed by atoms with Crippen LogP contribution in [0.1, 0.15) is 23.5 Å². The average molecular weight is 344 g/mol. The van der Waals surface area contributed by atoms with E-state index in [0.717, 1.165) is 0 Å². The van der Waals surface area contributed by atoms with Crippen LogP contribution in [0.5, 0.6) is 0 Å². The minimum absolute atomic E-state index is 0.00173. The molecule has 2 heterocycles. The van der Waals surface area contributed by atoms with Gasteiger partial charge in [0.15, 0.2) is 0 Å². The van der Waals surface area contributed by atoms with Gasteiger partial charge in [0.2, 0.25) is 11.8 Å². The first-order chi connectivity index (χ1) is 11.9. The number of benzene rings is 1. The van der Waals surface area contributed by atoms with Crippen molar-refractivity contribution in [2.75, 3.05) is 16.8 Å². The number of nitrogens with zero attached hydrogens (tertiary/aromatic N) is 2. The Morgan fingerprint density at radius 1 is 1.32 bits per heavy atom. The molecule has 0 unspecified atom stereocenters. The number of carbonyl (C=O) groups is 2. The fraction of sp³-hybridized carbons (Fsp3) is 0.294. The smallest absolute Gasteiger partial charge is 0.254 e. The summed E-state index contributed by atoms with van der Waals surface area (Å²) in [6.45, 7) is 3.21. The first-order valence-corrected chi connectivity index (χ1v) is 7.82. The van der Waals surface area contributed by atoms with Gasteiger partial charge in [-0.05, 0) is 32.4 Å². The number of aromatic amines is 1. The Morgan fingerprint density at radius 2 is 2.08 bits per heavy atom. The number of aromatic nitrogens is 2. The van der Waals surface area contributed by atoms with Crippen molar-refractivity contribution >= 4 is 23.2 Å². The number of rotatable bonds is 3. The van der Waals surface area contributed by atoms with Crippen LogP contribution < -0.4 is 15.8 Å². The highest BCUT2D eigenvalue weighted by atomic mass is 19.1. The zero-order valence-electron chi connectivity index (χ0n) is 13.9. The lowest BCUT2D eigenvalue weighted by atomic mass is 10.1. The molecule has 0 radical (unpaired) electrons. The molecule has 1 aromatic heterocycles. The Morgan fingerprint density at radius 3 is 2.80 bits per heavy atom. The third-order valence-electron chi connectivity index (χ3n) is 4.08. The molecule has 7 nitrogen and oxygen atoms in total. The van der Waals surface area contributed by atoms with Crippen molar-refractivity contribution < 1.29 is 14.0 Å². The number of halogens is 1. The number of H-pyrrole nitrogens is 1. The van der Waals surface area contributed by atoms with Gasteiger partial charge in [-0.1, -0.05) is 6.07 Å². The molecule has 0 aliphatic carbocycles. The van der Waals surface area contributed by atoms with Gasteiger partial charge in [0, 0.05) is 17.7 Å². The maximum Gasteiger partial charge on any atom is 0.254 e. The van der Waals surface area contributed by atoms with E-state index in [1.54, 1.807) is 19.9 Å². The summed E-state index contributed by atoms with van der Waals surface area (Å²) in [5, 5.41) is 2.44. The Kier molecular flexibility index (Phi) is 4.35. The molecule has 1 aliphatic rings. The van der Waals surface area contributed by atoms with Crippen LogP contribution >= 0.6 is 0 Å². The van der Waals surface area contributed by atoms with E-state index in [1.165, 1.54) is 17.0 Å². The lowest BCUT2D eigenvalue weighted by Crippen LogP contribution is -2.42. The first kappa shape index (κ1) is 16.8. The van der Waals surface area contributed by atoms with Crippen molar-refractivity contribution in [3.8, 4) is 0 Å². The number of hydrogen-bond acceptors (Lipinski definition) is 4. The van der Waals surface area contributed by atoms with Gasteiger partial charge in [-0.2, -0.15) is 0 Å². The number of nitrogens with one attached hydrogen (secondary N) is 2. The molecule has 25 heavy (non-hydrogen) atoms. The summed E-state index contributed by atoms with van der Waals surface area (Å²) in [5.74, 6) is -0.911. The van der Waals surface area contributed by atoms with Gasteiger partial charge in [0.05, 0.1) is 5.69 Å². The SMILES string of the molecule is Cc1nc(C)c(CCC(=O)N2CC(=O)Nc3c(F)cccc32)c(=O)[nH]1. The minimum Gasteiger partial charge on any atom is -0.320 e. The topological polar surface area (TPSA) is 95.2 Å². The molecule has 2 N–H and O–H groups in total. The van der Waals surface area contributed by atoms with Gasteiger partial charge < -0.3 is 15.2 Å². The zero-order chi connectivity index (χ0) is 18.1. The zero-order valence-corrected chi connectivity index (χ0v) is 13.9. The van der Waals surface area contributed by atoms with E-state index in [-0.39, 0.29) is 36.5 Å². The summed E-state index contributed by atoms with van der Waals surface area (Å²) >= 11 is 0. The van der Waals surface area contributed by atoms with Gasteiger partial charge in [0.25, 0.3) is 5.56 Å². The van der Waals surface area contributed by atoms with Gasteiger partial charge in [-0.3, -0.25) is 14.4 Å². The van der Waals surface area contributed by atoms with Crippen molar-refractivity contribution in [2.24, 2.45) is 0 Å². The van der Waals surface area contributed by atoms with E-state index in [4.69, 9.17) is 0 Å². The van der Waals surface area contributed by atoms with E-state index in [2.05, 4.69) is 15.3 Å². The van der Waals surface area contributed by atoms with Crippen molar-refractivity contribution in [1.82, 2.24) is 9.97 Å². The molecule has 8 heteroatoms. The Balaban J connectivity index is 1.82. The molecule has 0 atom stereocenters. The second-order valence-corrected chi connectivity index (χ2v) is 5.88. The van der Waals surface area contributed by atoms with E-state index in [0.29, 0.717) is 22.8 Å².